The predicted octanol–water partition coefficient (Wildman–Crippen LogP) is 2.55. The molecular weight excluding hydrogens is 424 g/mol. The summed E-state index contributed by atoms with van der Waals surface area (Å²) in [7, 11) is 4.26. The molecule has 31 heavy (non-hydrogen) atoms. The summed E-state index contributed by atoms with van der Waals surface area (Å²) in [4.78, 5) is 37.9. The van der Waals surface area contributed by atoms with Crippen LogP contribution in [0.4, 0.5) is 5.00 Å². The monoisotopic (exact) mass is 448 g/mol. The third-order valence-electron chi connectivity index (χ3n) is 4.93. The number of amides is 2. The van der Waals surface area contributed by atoms with Crippen LogP contribution in [0.15, 0.2) is 12.1 Å². The van der Waals surface area contributed by atoms with Crippen molar-refractivity contribution in [2.45, 2.75) is 25.7 Å². The van der Waals surface area contributed by atoms with Gasteiger partial charge in [-0.05, 0) is 43.4 Å². The van der Waals surface area contributed by atoms with E-state index in [9.17, 15) is 14.4 Å². The zero-order valence-electron chi connectivity index (χ0n) is 17.5. The molecule has 0 unspecified atom stereocenters. The SMILES string of the molecule is COc1ccc(C(=O)OCC(=O)Nc2sc3c(c2C(N)=O)CCCC3)c(OC)c1OC. The van der Waals surface area contributed by atoms with Crippen LogP contribution in [0.25, 0.3) is 0 Å². The predicted molar refractivity (Wildman–Crippen MR) is 114 cm³/mol. The molecule has 0 aliphatic heterocycles. The maximum atomic E-state index is 12.5. The normalized spacial score (nSPS) is 12.5. The minimum atomic E-state index is -0.770. The quantitative estimate of drug-likeness (QED) is 0.594. The Morgan fingerprint density at radius 3 is 2.39 bits per heavy atom. The van der Waals surface area contributed by atoms with E-state index in [1.807, 2.05) is 0 Å². The second-order valence-corrected chi connectivity index (χ2v) is 7.89. The Hall–Kier alpha value is -3.27. The van der Waals surface area contributed by atoms with Gasteiger partial charge in [-0.1, -0.05) is 0 Å². The van der Waals surface area contributed by atoms with E-state index >= 15 is 0 Å². The zero-order valence-corrected chi connectivity index (χ0v) is 18.4. The second kappa shape index (κ2) is 9.69. The fourth-order valence-electron chi connectivity index (χ4n) is 3.55. The minimum absolute atomic E-state index is 0.0809. The topological polar surface area (TPSA) is 126 Å². The van der Waals surface area contributed by atoms with E-state index in [0.717, 1.165) is 36.1 Å². The number of hydrogen-bond acceptors (Lipinski definition) is 8. The van der Waals surface area contributed by atoms with Crippen LogP contribution in [-0.2, 0) is 22.4 Å². The molecule has 166 valence electrons. The molecule has 0 fully saturated rings. The van der Waals surface area contributed by atoms with Gasteiger partial charge in [0.1, 0.15) is 10.6 Å². The molecular formula is C21H24N2O7S. The fourth-order valence-corrected chi connectivity index (χ4v) is 4.86. The Morgan fingerprint density at radius 1 is 1.03 bits per heavy atom. The van der Waals surface area contributed by atoms with Gasteiger partial charge in [0.25, 0.3) is 11.8 Å². The maximum absolute atomic E-state index is 12.5. The summed E-state index contributed by atoms with van der Waals surface area (Å²) in [6, 6.07) is 2.99. The van der Waals surface area contributed by atoms with Crippen molar-refractivity contribution in [2.24, 2.45) is 5.73 Å². The first-order valence-electron chi connectivity index (χ1n) is 9.61. The first-order chi connectivity index (χ1) is 14.9. The average molecular weight is 448 g/mol. The largest absolute Gasteiger partial charge is 0.493 e. The first kappa shape index (κ1) is 22.4. The summed E-state index contributed by atoms with van der Waals surface area (Å²) in [5.74, 6) is -1.17. The highest BCUT2D eigenvalue weighted by Crippen LogP contribution is 2.40. The highest BCUT2D eigenvalue weighted by Gasteiger charge is 2.26. The highest BCUT2D eigenvalue weighted by molar-refractivity contribution is 7.17. The van der Waals surface area contributed by atoms with Crippen molar-refractivity contribution >= 4 is 34.1 Å². The van der Waals surface area contributed by atoms with Gasteiger partial charge in [-0.2, -0.15) is 0 Å². The molecule has 1 heterocycles. The Balaban J connectivity index is 1.72. The van der Waals surface area contributed by atoms with Gasteiger partial charge >= 0.3 is 5.97 Å². The number of carbonyl (C=O) groups excluding carboxylic acids is 3. The Morgan fingerprint density at radius 2 is 1.74 bits per heavy atom. The Labute approximate surface area is 183 Å². The van der Waals surface area contributed by atoms with Gasteiger partial charge in [-0.25, -0.2) is 4.79 Å². The minimum Gasteiger partial charge on any atom is -0.493 e. The molecule has 2 aromatic rings. The summed E-state index contributed by atoms with van der Waals surface area (Å²) in [6.07, 6.45) is 3.62. The number of anilines is 1. The van der Waals surface area contributed by atoms with Gasteiger partial charge in [0, 0.05) is 4.88 Å². The number of benzene rings is 1. The van der Waals surface area contributed by atoms with Crippen molar-refractivity contribution in [3.05, 3.63) is 33.7 Å². The molecule has 1 aliphatic rings. The number of carbonyl (C=O) groups is 3. The van der Waals surface area contributed by atoms with Crippen molar-refractivity contribution in [1.29, 1.82) is 0 Å². The van der Waals surface area contributed by atoms with Crippen LogP contribution in [0.2, 0.25) is 0 Å². The van der Waals surface area contributed by atoms with Crippen molar-refractivity contribution in [3.63, 3.8) is 0 Å². The van der Waals surface area contributed by atoms with Crippen LogP contribution >= 0.6 is 11.3 Å². The lowest BCUT2D eigenvalue weighted by molar-refractivity contribution is -0.119. The number of ether oxygens (including phenoxy) is 4. The number of hydrogen-bond donors (Lipinski definition) is 2. The molecule has 3 rings (SSSR count). The number of rotatable bonds is 8. The van der Waals surface area contributed by atoms with Gasteiger partial charge in [-0.15, -0.1) is 11.3 Å². The van der Waals surface area contributed by atoms with Crippen molar-refractivity contribution < 1.29 is 33.3 Å². The molecule has 0 saturated carbocycles. The number of fused-ring (bicyclic) bond motifs is 1. The fraction of sp³-hybridized carbons (Fsp3) is 0.381. The molecule has 3 N–H and O–H groups in total. The van der Waals surface area contributed by atoms with Crippen molar-refractivity contribution in [2.75, 3.05) is 33.3 Å². The summed E-state index contributed by atoms with van der Waals surface area (Å²) >= 11 is 1.34. The number of thiophene rings is 1. The number of esters is 1. The van der Waals surface area contributed by atoms with Gasteiger partial charge in [0.05, 0.1) is 26.9 Å². The van der Waals surface area contributed by atoms with Gasteiger partial charge in [-0.3, -0.25) is 9.59 Å². The molecule has 2 amide bonds. The lowest BCUT2D eigenvalue weighted by atomic mass is 9.95. The summed E-state index contributed by atoms with van der Waals surface area (Å²) in [6.45, 7) is -0.545. The van der Waals surface area contributed by atoms with E-state index in [4.69, 9.17) is 24.7 Å². The molecule has 0 bridgehead atoms. The molecule has 0 atom stereocenters. The number of nitrogens with one attached hydrogen (secondary N) is 1. The highest BCUT2D eigenvalue weighted by atomic mass is 32.1. The Kier molecular flexibility index (Phi) is 7.01. The lowest BCUT2D eigenvalue weighted by Crippen LogP contribution is -2.23. The van der Waals surface area contributed by atoms with Crippen LogP contribution in [-0.4, -0.2) is 45.7 Å². The summed E-state index contributed by atoms with van der Waals surface area (Å²) in [5, 5.41) is 3.04. The van der Waals surface area contributed by atoms with Crippen LogP contribution in [0, 0.1) is 0 Å². The summed E-state index contributed by atoms with van der Waals surface area (Å²) in [5.41, 5.74) is 6.87. The van der Waals surface area contributed by atoms with Crippen LogP contribution in [0.3, 0.4) is 0 Å². The molecule has 1 aromatic carbocycles. The molecule has 1 aliphatic carbocycles. The third-order valence-corrected chi connectivity index (χ3v) is 6.14. The molecule has 10 heteroatoms. The molecule has 0 spiro atoms. The van der Waals surface area contributed by atoms with Crippen LogP contribution < -0.4 is 25.3 Å². The van der Waals surface area contributed by atoms with Gasteiger partial charge in [0.15, 0.2) is 18.1 Å². The van der Waals surface area contributed by atoms with E-state index in [-0.39, 0.29) is 17.1 Å². The van der Waals surface area contributed by atoms with E-state index in [1.165, 1.54) is 44.8 Å². The molecule has 0 saturated heterocycles. The Bertz CT molecular complexity index is 1020. The summed E-state index contributed by atoms with van der Waals surface area (Å²) < 4.78 is 20.8. The smallest absolute Gasteiger partial charge is 0.342 e. The van der Waals surface area contributed by atoms with Crippen LogP contribution in [0.1, 0.15) is 44.0 Å². The van der Waals surface area contributed by atoms with Gasteiger partial charge < -0.3 is 30.0 Å². The number of primary amides is 1. The number of nitrogens with two attached hydrogens (primary N) is 1. The van der Waals surface area contributed by atoms with E-state index in [2.05, 4.69) is 5.32 Å². The molecule has 9 nitrogen and oxygen atoms in total. The van der Waals surface area contributed by atoms with E-state index in [0.29, 0.717) is 16.3 Å². The average Bonchev–Trinajstić information content (AvgIpc) is 3.13. The number of methoxy groups -OCH3 is 3. The maximum Gasteiger partial charge on any atom is 0.342 e. The van der Waals surface area contributed by atoms with E-state index < -0.39 is 24.4 Å². The van der Waals surface area contributed by atoms with Crippen molar-refractivity contribution in [3.8, 4) is 17.2 Å². The second-order valence-electron chi connectivity index (χ2n) is 6.79. The van der Waals surface area contributed by atoms with Crippen molar-refractivity contribution in [1.82, 2.24) is 0 Å². The zero-order chi connectivity index (χ0) is 22.5. The standard InChI is InChI=1S/C21H24N2O7S/c1-27-13-9-8-12(17(28-2)18(13)29-3)21(26)30-10-15(24)23-20-16(19(22)25)11-6-4-5-7-14(11)31-20/h8-9H,4-7,10H2,1-3H3,(H2,22,25)(H,23,24). The van der Waals surface area contributed by atoms with Gasteiger partial charge in [0.2, 0.25) is 5.75 Å². The molecule has 1 aromatic heterocycles. The van der Waals surface area contributed by atoms with Crippen LogP contribution in [0.5, 0.6) is 17.2 Å². The third kappa shape index (κ3) is 4.58. The first-order valence-corrected chi connectivity index (χ1v) is 10.4. The lowest BCUT2D eigenvalue weighted by Gasteiger charge is -2.15. The van der Waals surface area contributed by atoms with E-state index in [1.54, 1.807) is 0 Å². The molecule has 0 radical (unpaired) electrons. The number of aryl methyl sites for hydroxylation is 1.